The number of thioether (sulfide) groups is 1. The molecule has 5 rings (SSSR count). The van der Waals surface area contributed by atoms with Gasteiger partial charge >= 0.3 is 0 Å². The highest BCUT2D eigenvalue weighted by molar-refractivity contribution is 8.15. The van der Waals surface area contributed by atoms with Crippen LogP contribution in [-0.2, 0) is 17.6 Å². The van der Waals surface area contributed by atoms with E-state index in [1.54, 1.807) is 12.1 Å². The van der Waals surface area contributed by atoms with E-state index in [-0.39, 0.29) is 16.9 Å². The molecule has 1 unspecified atom stereocenters. The van der Waals surface area contributed by atoms with Crippen molar-refractivity contribution in [3.63, 3.8) is 0 Å². The van der Waals surface area contributed by atoms with Gasteiger partial charge in [0.05, 0.1) is 5.25 Å². The van der Waals surface area contributed by atoms with Crippen LogP contribution in [0, 0.1) is 0 Å². The number of nitrogens with one attached hydrogen (secondary N) is 1. The Bertz CT molecular complexity index is 1280. The SMILES string of the molecule is O=C1NC(=O)C(Cc2ccc3oc(Cc4ccc5ccc(O)cc5c4)nc3c2)S1. The van der Waals surface area contributed by atoms with Crippen molar-refractivity contribution in [3.8, 4) is 5.75 Å². The summed E-state index contributed by atoms with van der Waals surface area (Å²) in [6.07, 6.45) is 1.000. The summed E-state index contributed by atoms with van der Waals surface area (Å²) in [4.78, 5) is 27.7. The Labute approximate surface area is 169 Å². The molecule has 0 radical (unpaired) electrons. The van der Waals surface area contributed by atoms with Crippen LogP contribution in [0.4, 0.5) is 4.79 Å². The Balaban J connectivity index is 1.38. The molecule has 1 fully saturated rings. The average Bonchev–Trinajstić information content (AvgIpc) is 3.22. The molecule has 0 spiro atoms. The second kappa shape index (κ2) is 6.93. The fourth-order valence-corrected chi connectivity index (χ4v) is 4.39. The minimum Gasteiger partial charge on any atom is -0.508 e. The van der Waals surface area contributed by atoms with Crippen molar-refractivity contribution in [1.29, 1.82) is 0 Å². The number of phenols is 1. The molecule has 1 aliphatic heterocycles. The number of aromatic hydroxyl groups is 1. The molecule has 0 bridgehead atoms. The van der Waals surface area contributed by atoms with Crippen LogP contribution in [0.15, 0.2) is 59.0 Å². The predicted octanol–water partition coefficient (Wildman–Crippen LogP) is 4.17. The third-order valence-electron chi connectivity index (χ3n) is 4.93. The van der Waals surface area contributed by atoms with Crippen LogP contribution in [0.3, 0.4) is 0 Å². The molecule has 6 nitrogen and oxygen atoms in total. The van der Waals surface area contributed by atoms with Gasteiger partial charge in [0.15, 0.2) is 11.5 Å². The normalized spacial score (nSPS) is 16.6. The van der Waals surface area contributed by atoms with Gasteiger partial charge in [-0.2, -0.15) is 0 Å². The van der Waals surface area contributed by atoms with Gasteiger partial charge in [0, 0.05) is 6.42 Å². The van der Waals surface area contributed by atoms with Crippen molar-refractivity contribution < 1.29 is 19.1 Å². The van der Waals surface area contributed by atoms with Crippen LogP contribution in [0.2, 0.25) is 0 Å². The lowest BCUT2D eigenvalue weighted by Gasteiger charge is -2.04. The number of carbonyl (C=O) groups excluding carboxylic acids is 2. The number of imide groups is 1. The maximum atomic E-state index is 11.8. The smallest absolute Gasteiger partial charge is 0.286 e. The lowest BCUT2D eigenvalue weighted by atomic mass is 10.0. The van der Waals surface area contributed by atoms with Crippen LogP contribution in [-0.4, -0.2) is 26.5 Å². The maximum Gasteiger partial charge on any atom is 0.286 e. The molecule has 1 atom stereocenters. The Kier molecular flexibility index (Phi) is 4.24. The van der Waals surface area contributed by atoms with Gasteiger partial charge in [-0.3, -0.25) is 14.9 Å². The van der Waals surface area contributed by atoms with Gasteiger partial charge in [0.1, 0.15) is 11.3 Å². The zero-order valence-corrected chi connectivity index (χ0v) is 16.0. The lowest BCUT2D eigenvalue weighted by molar-refractivity contribution is -0.118. The second-order valence-electron chi connectivity index (χ2n) is 7.04. The second-order valence-corrected chi connectivity index (χ2v) is 8.22. The van der Waals surface area contributed by atoms with Gasteiger partial charge in [-0.15, -0.1) is 0 Å². The molecule has 7 heteroatoms. The Morgan fingerprint density at radius 2 is 1.83 bits per heavy atom. The van der Waals surface area contributed by atoms with Crippen molar-refractivity contribution >= 4 is 44.8 Å². The summed E-state index contributed by atoms with van der Waals surface area (Å²) >= 11 is 1.02. The van der Waals surface area contributed by atoms with Crippen LogP contribution in [0.5, 0.6) is 5.75 Å². The first-order valence-corrected chi connectivity index (χ1v) is 10.0. The minimum atomic E-state index is -0.402. The average molecular weight is 404 g/mol. The van der Waals surface area contributed by atoms with E-state index in [9.17, 15) is 14.7 Å². The highest BCUT2D eigenvalue weighted by Crippen LogP contribution is 2.26. The Morgan fingerprint density at radius 3 is 2.66 bits per heavy atom. The summed E-state index contributed by atoms with van der Waals surface area (Å²) in [5.41, 5.74) is 3.38. The molecule has 0 saturated carbocycles. The molecule has 29 heavy (non-hydrogen) atoms. The van der Waals surface area contributed by atoms with Crippen molar-refractivity contribution in [2.75, 3.05) is 0 Å². The van der Waals surface area contributed by atoms with Crippen molar-refractivity contribution in [2.45, 2.75) is 18.1 Å². The molecule has 4 aromatic rings. The molecule has 3 aromatic carbocycles. The minimum absolute atomic E-state index is 0.236. The van der Waals surface area contributed by atoms with Crippen LogP contribution >= 0.6 is 11.8 Å². The van der Waals surface area contributed by atoms with E-state index in [0.717, 1.165) is 39.2 Å². The first-order valence-electron chi connectivity index (χ1n) is 9.15. The number of amides is 2. The molecule has 1 aliphatic rings. The molecular formula is C22H16N2O4S. The molecule has 2 heterocycles. The number of benzene rings is 3. The fourth-order valence-electron chi connectivity index (χ4n) is 3.53. The number of hydrogen-bond donors (Lipinski definition) is 2. The highest BCUT2D eigenvalue weighted by Gasteiger charge is 2.31. The van der Waals surface area contributed by atoms with Crippen molar-refractivity contribution in [1.82, 2.24) is 10.3 Å². The van der Waals surface area contributed by atoms with Crippen molar-refractivity contribution in [3.05, 3.63) is 71.6 Å². The molecule has 1 saturated heterocycles. The summed E-state index contributed by atoms with van der Waals surface area (Å²) < 4.78 is 5.87. The summed E-state index contributed by atoms with van der Waals surface area (Å²) in [5.74, 6) is 0.586. The van der Waals surface area contributed by atoms with E-state index in [1.807, 2.05) is 42.5 Å². The standard InChI is InChI=1S/C22H16N2O4S/c25-16-5-4-14-3-1-12(7-15(14)11-16)10-20-23-17-8-13(2-6-18(17)28-20)9-19-21(26)24-22(27)29-19/h1-8,11,19,25H,9-10H2,(H,24,26,27). The number of hydrogen-bond acceptors (Lipinski definition) is 6. The summed E-state index contributed by atoms with van der Waals surface area (Å²) in [7, 11) is 0. The van der Waals surface area contributed by atoms with Gasteiger partial charge < -0.3 is 9.52 Å². The van der Waals surface area contributed by atoms with Gasteiger partial charge in [0.25, 0.3) is 5.24 Å². The topological polar surface area (TPSA) is 92.4 Å². The monoisotopic (exact) mass is 404 g/mol. The van der Waals surface area contributed by atoms with Crippen LogP contribution in [0.25, 0.3) is 21.9 Å². The highest BCUT2D eigenvalue weighted by atomic mass is 32.2. The summed E-state index contributed by atoms with van der Waals surface area (Å²) in [5, 5.41) is 13.3. The zero-order valence-electron chi connectivity index (χ0n) is 15.2. The molecule has 144 valence electrons. The zero-order chi connectivity index (χ0) is 20.0. The molecule has 1 aromatic heterocycles. The third-order valence-corrected chi connectivity index (χ3v) is 5.91. The number of fused-ring (bicyclic) bond motifs is 2. The van der Waals surface area contributed by atoms with Gasteiger partial charge in [-0.25, -0.2) is 4.98 Å². The number of aromatic nitrogens is 1. The number of carbonyl (C=O) groups is 2. The number of nitrogens with zero attached hydrogens (tertiary/aromatic N) is 1. The molecule has 0 aliphatic carbocycles. The summed E-state index contributed by atoms with van der Waals surface area (Å²) in [6.45, 7) is 0. The van der Waals surface area contributed by atoms with E-state index < -0.39 is 5.25 Å². The lowest BCUT2D eigenvalue weighted by Crippen LogP contribution is -2.25. The number of rotatable bonds is 4. The van der Waals surface area contributed by atoms with Gasteiger partial charge in [0.2, 0.25) is 5.91 Å². The summed E-state index contributed by atoms with van der Waals surface area (Å²) in [6, 6.07) is 17.0. The van der Waals surface area contributed by atoms with E-state index in [4.69, 9.17) is 4.42 Å². The number of phenolic OH excluding ortho intramolecular Hbond substituents is 1. The maximum absolute atomic E-state index is 11.8. The largest absolute Gasteiger partial charge is 0.508 e. The predicted molar refractivity (Wildman–Crippen MR) is 111 cm³/mol. The third kappa shape index (κ3) is 3.56. The number of oxazole rings is 1. The van der Waals surface area contributed by atoms with Gasteiger partial charge in [-0.05, 0) is 52.6 Å². The quantitative estimate of drug-likeness (QED) is 0.530. The molecule has 2 amide bonds. The Morgan fingerprint density at radius 1 is 1.00 bits per heavy atom. The molecular weight excluding hydrogens is 388 g/mol. The Hall–Kier alpha value is -3.32. The van der Waals surface area contributed by atoms with Crippen molar-refractivity contribution in [2.24, 2.45) is 0 Å². The molecule has 2 N–H and O–H groups in total. The first kappa shape index (κ1) is 17.8. The first-order chi connectivity index (χ1) is 14.0. The van der Waals surface area contributed by atoms with E-state index in [2.05, 4.69) is 10.3 Å². The fraction of sp³-hybridized carbons (Fsp3) is 0.136. The van der Waals surface area contributed by atoms with Crippen LogP contribution < -0.4 is 5.32 Å². The van der Waals surface area contributed by atoms with Crippen LogP contribution in [0.1, 0.15) is 17.0 Å². The van der Waals surface area contributed by atoms with Gasteiger partial charge in [-0.1, -0.05) is 42.1 Å². The van der Waals surface area contributed by atoms with E-state index in [0.29, 0.717) is 24.3 Å². The van der Waals surface area contributed by atoms with E-state index in [1.165, 1.54) is 0 Å². The van der Waals surface area contributed by atoms with E-state index >= 15 is 0 Å².